The molecule has 0 aliphatic heterocycles. The summed E-state index contributed by atoms with van der Waals surface area (Å²) in [7, 11) is -3.43. The molecule has 0 fully saturated rings. The summed E-state index contributed by atoms with van der Waals surface area (Å²) in [6, 6.07) is 0. The van der Waals surface area contributed by atoms with E-state index in [0.29, 0.717) is 16.9 Å². The number of rotatable bonds is 2. The van der Waals surface area contributed by atoms with E-state index in [9.17, 15) is 13.2 Å². The third-order valence-corrected chi connectivity index (χ3v) is 2.74. The highest BCUT2D eigenvalue weighted by Gasteiger charge is 2.19. The zero-order chi connectivity index (χ0) is 12.5. The lowest BCUT2D eigenvalue weighted by molar-refractivity contribution is -0.111. The van der Waals surface area contributed by atoms with Gasteiger partial charge in [-0.15, -0.1) is 0 Å². The van der Waals surface area contributed by atoms with Crippen LogP contribution in [0.15, 0.2) is 27.7 Å². The Kier molecular flexibility index (Phi) is 3.48. The first-order valence-electron chi connectivity index (χ1n) is 4.95. The predicted molar refractivity (Wildman–Crippen MR) is 64.0 cm³/mol. The Bertz CT molecular complexity index is 507. The van der Waals surface area contributed by atoms with E-state index in [1.54, 1.807) is 13.0 Å². The summed E-state index contributed by atoms with van der Waals surface area (Å²) >= 11 is 0. The number of carbonyl (C=O) groups excluding carboxylic acids is 1. The molecule has 0 radical (unpaired) electrons. The molecule has 1 rings (SSSR count). The molecule has 0 saturated carbocycles. The van der Waals surface area contributed by atoms with Gasteiger partial charge in [0.15, 0.2) is 5.78 Å². The van der Waals surface area contributed by atoms with Crippen molar-refractivity contribution >= 4 is 21.5 Å². The van der Waals surface area contributed by atoms with Gasteiger partial charge in [0.25, 0.3) is 10.0 Å². The lowest BCUT2D eigenvalue weighted by Gasteiger charge is -2.14. The number of ketones is 1. The van der Waals surface area contributed by atoms with Gasteiger partial charge in [0.05, 0.1) is 12.0 Å². The standard InChI is InChI=1S/C11H15NO3S/c1-7(2)9-6-10(12-16(4,14)15)8(3)5-11(9)13/h5-7H,1-4H3/b12-10+. The zero-order valence-electron chi connectivity index (χ0n) is 9.81. The van der Waals surface area contributed by atoms with Crippen molar-refractivity contribution < 1.29 is 13.2 Å². The molecule has 16 heavy (non-hydrogen) atoms. The molecular weight excluding hydrogens is 226 g/mol. The van der Waals surface area contributed by atoms with Crippen LogP contribution in [-0.2, 0) is 14.8 Å². The Hall–Kier alpha value is -1.23. The number of hydrogen-bond donors (Lipinski definition) is 0. The van der Waals surface area contributed by atoms with Gasteiger partial charge in [-0.25, -0.2) is 8.42 Å². The van der Waals surface area contributed by atoms with Crippen molar-refractivity contribution in [2.24, 2.45) is 10.3 Å². The van der Waals surface area contributed by atoms with E-state index in [2.05, 4.69) is 4.40 Å². The van der Waals surface area contributed by atoms with Crippen LogP contribution >= 0.6 is 0 Å². The maximum Gasteiger partial charge on any atom is 0.250 e. The van der Waals surface area contributed by atoms with Crippen LogP contribution in [0.5, 0.6) is 0 Å². The molecule has 0 unspecified atom stereocenters. The van der Waals surface area contributed by atoms with Crippen molar-refractivity contribution in [1.29, 1.82) is 0 Å². The zero-order valence-corrected chi connectivity index (χ0v) is 10.6. The van der Waals surface area contributed by atoms with Crippen LogP contribution in [0.2, 0.25) is 0 Å². The van der Waals surface area contributed by atoms with Crippen LogP contribution in [0.25, 0.3) is 0 Å². The van der Waals surface area contributed by atoms with Crippen molar-refractivity contribution in [2.75, 3.05) is 6.26 Å². The second-order valence-corrected chi connectivity index (χ2v) is 5.80. The molecule has 0 spiro atoms. The fraction of sp³-hybridized carbons (Fsp3) is 0.455. The van der Waals surface area contributed by atoms with Crippen molar-refractivity contribution in [3.8, 4) is 0 Å². The minimum absolute atomic E-state index is 0.0570. The maximum atomic E-state index is 11.6. The lowest BCUT2D eigenvalue weighted by Crippen LogP contribution is -2.16. The van der Waals surface area contributed by atoms with E-state index in [1.165, 1.54) is 6.08 Å². The average molecular weight is 241 g/mol. The summed E-state index contributed by atoms with van der Waals surface area (Å²) in [6.07, 6.45) is 4.02. The number of sulfonamides is 1. The van der Waals surface area contributed by atoms with Gasteiger partial charge < -0.3 is 0 Å². The number of hydrogen-bond acceptors (Lipinski definition) is 3. The third-order valence-electron chi connectivity index (χ3n) is 2.21. The summed E-state index contributed by atoms with van der Waals surface area (Å²) in [4.78, 5) is 11.6. The lowest BCUT2D eigenvalue weighted by atomic mass is 9.90. The van der Waals surface area contributed by atoms with Crippen LogP contribution in [0.1, 0.15) is 20.8 Å². The summed E-state index contributed by atoms with van der Waals surface area (Å²) < 4.78 is 25.8. The molecule has 0 N–H and O–H groups in total. The maximum absolute atomic E-state index is 11.6. The fourth-order valence-electron chi connectivity index (χ4n) is 1.41. The summed E-state index contributed by atoms with van der Waals surface area (Å²) in [5, 5.41) is 0. The average Bonchev–Trinajstić information content (AvgIpc) is 2.07. The van der Waals surface area contributed by atoms with Crippen molar-refractivity contribution in [1.82, 2.24) is 0 Å². The van der Waals surface area contributed by atoms with E-state index in [1.807, 2.05) is 13.8 Å². The van der Waals surface area contributed by atoms with Crippen LogP contribution in [0, 0.1) is 5.92 Å². The number of allylic oxidation sites excluding steroid dienone is 4. The van der Waals surface area contributed by atoms with Crippen LogP contribution in [0.4, 0.5) is 0 Å². The van der Waals surface area contributed by atoms with E-state index in [-0.39, 0.29) is 11.7 Å². The van der Waals surface area contributed by atoms with Gasteiger partial charge in [-0.1, -0.05) is 13.8 Å². The predicted octanol–water partition coefficient (Wildman–Crippen LogP) is 1.50. The van der Waals surface area contributed by atoms with Crippen molar-refractivity contribution in [3.63, 3.8) is 0 Å². The minimum atomic E-state index is -3.43. The largest absolute Gasteiger partial charge is 0.290 e. The molecule has 0 aromatic carbocycles. The molecule has 0 saturated heterocycles. The fourth-order valence-corrected chi connectivity index (χ4v) is 1.97. The molecule has 4 nitrogen and oxygen atoms in total. The molecule has 0 amide bonds. The molecular formula is C11H15NO3S. The second kappa shape index (κ2) is 4.33. The molecule has 0 aromatic rings. The summed E-state index contributed by atoms with van der Waals surface area (Å²) in [6.45, 7) is 5.45. The van der Waals surface area contributed by atoms with Crippen LogP contribution in [-0.4, -0.2) is 26.2 Å². The smallest absolute Gasteiger partial charge is 0.250 e. The monoisotopic (exact) mass is 241 g/mol. The summed E-state index contributed by atoms with van der Waals surface area (Å²) in [5.74, 6) is -0.0124. The van der Waals surface area contributed by atoms with E-state index >= 15 is 0 Å². The van der Waals surface area contributed by atoms with Gasteiger partial charge in [0.1, 0.15) is 0 Å². The number of nitrogens with zero attached hydrogens (tertiary/aromatic N) is 1. The van der Waals surface area contributed by atoms with Crippen LogP contribution in [0.3, 0.4) is 0 Å². The Morgan fingerprint density at radius 3 is 2.25 bits per heavy atom. The van der Waals surface area contributed by atoms with Gasteiger partial charge >= 0.3 is 0 Å². The third kappa shape index (κ3) is 3.13. The first-order chi connectivity index (χ1) is 7.20. The van der Waals surface area contributed by atoms with Gasteiger partial charge in [-0.05, 0) is 30.6 Å². The topological polar surface area (TPSA) is 63.6 Å². The Morgan fingerprint density at radius 2 is 1.81 bits per heavy atom. The van der Waals surface area contributed by atoms with Crippen LogP contribution < -0.4 is 0 Å². The van der Waals surface area contributed by atoms with Crippen molar-refractivity contribution in [2.45, 2.75) is 20.8 Å². The molecule has 1 aliphatic carbocycles. The molecule has 1 aliphatic rings. The minimum Gasteiger partial charge on any atom is -0.290 e. The Balaban J connectivity index is 3.27. The highest BCUT2D eigenvalue weighted by molar-refractivity contribution is 7.89. The first-order valence-corrected chi connectivity index (χ1v) is 6.80. The molecule has 0 bridgehead atoms. The van der Waals surface area contributed by atoms with E-state index < -0.39 is 10.0 Å². The molecule has 0 aromatic heterocycles. The molecule has 5 heteroatoms. The molecule has 0 atom stereocenters. The molecule has 0 heterocycles. The second-order valence-electron chi connectivity index (χ2n) is 4.16. The Morgan fingerprint density at radius 1 is 1.25 bits per heavy atom. The SMILES string of the molecule is CC1=CC(=O)C(C(C)C)=C/C1=N\S(C)(=O)=O. The number of carbonyl (C=O) groups is 1. The van der Waals surface area contributed by atoms with E-state index in [4.69, 9.17) is 0 Å². The molecule has 88 valence electrons. The van der Waals surface area contributed by atoms with Gasteiger partial charge in [0.2, 0.25) is 0 Å². The Labute approximate surface area is 95.8 Å². The highest BCUT2D eigenvalue weighted by Crippen LogP contribution is 2.19. The van der Waals surface area contributed by atoms with Gasteiger partial charge in [0, 0.05) is 5.57 Å². The highest BCUT2D eigenvalue weighted by atomic mass is 32.2. The van der Waals surface area contributed by atoms with Crippen molar-refractivity contribution in [3.05, 3.63) is 23.3 Å². The normalized spacial score (nSPS) is 20.1. The van der Waals surface area contributed by atoms with E-state index in [0.717, 1.165) is 6.26 Å². The quantitative estimate of drug-likeness (QED) is 0.688. The van der Waals surface area contributed by atoms with Gasteiger partial charge in [-0.3, -0.25) is 4.79 Å². The summed E-state index contributed by atoms with van der Waals surface area (Å²) in [5.41, 5.74) is 1.53. The first kappa shape index (κ1) is 12.8. The van der Waals surface area contributed by atoms with Gasteiger partial charge in [-0.2, -0.15) is 4.40 Å².